The highest BCUT2D eigenvalue weighted by molar-refractivity contribution is 9.09. The zero-order valence-corrected chi connectivity index (χ0v) is 6.46. The van der Waals surface area contributed by atoms with Gasteiger partial charge < -0.3 is 5.73 Å². The fourth-order valence-corrected chi connectivity index (χ4v) is 0.718. The number of anilines is 1. The molecule has 0 atom stereocenters. The van der Waals surface area contributed by atoms with E-state index in [0.717, 1.165) is 0 Å². The number of carbonyl (C=O) groups is 1. The van der Waals surface area contributed by atoms with Crippen molar-refractivity contribution >= 4 is 27.5 Å². The molecule has 0 aliphatic rings. The van der Waals surface area contributed by atoms with Crippen LogP contribution in [0.4, 0.5) is 5.82 Å². The number of halogens is 1. The summed E-state index contributed by atoms with van der Waals surface area (Å²) >= 11 is 2.96. The summed E-state index contributed by atoms with van der Waals surface area (Å²) in [5, 5.41) is 6.70. The average molecular weight is 206 g/mol. The highest BCUT2D eigenvalue weighted by Gasteiger charge is 2.13. The zero-order chi connectivity index (χ0) is 7.56. The van der Waals surface area contributed by atoms with Crippen LogP contribution in [0.15, 0.2) is 4.63 Å². The number of carbonyl (C=O) groups excluding carboxylic acids is 1. The number of hydrogen-bond acceptors (Lipinski definition) is 5. The maximum Gasteiger partial charge on any atom is 0.199 e. The summed E-state index contributed by atoms with van der Waals surface area (Å²) in [6.07, 6.45) is 0. The van der Waals surface area contributed by atoms with Crippen LogP contribution in [0.5, 0.6) is 0 Å². The third-order valence-corrected chi connectivity index (χ3v) is 1.41. The van der Waals surface area contributed by atoms with Crippen molar-refractivity contribution in [2.45, 2.75) is 0 Å². The predicted octanol–water partition coefficient (Wildman–Crippen LogP) is 0.229. The Bertz CT molecular complexity index is 246. The van der Waals surface area contributed by atoms with E-state index in [-0.39, 0.29) is 22.6 Å². The number of Topliss-reactive ketones (excluding diaryl/α,β-unsaturated/α-hetero) is 1. The van der Waals surface area contributed by atoms with E-state index in [1.165, 1.54) is 0 Å². The molecular weight excluding hydrogens is 202 g/mol. The number of nitrogen functional groups attached to an aromatic ring is 1. The lowest BCUT2D eigenvalue weighted by atomic mass is 10.3. The molecule has 1 heterocycles. The van der Waals surface area contributed by atoms with Crippen molar-refractivity contribution in [1.29, 1.82) is 0 Å². The molecular formula is C4H4BrN3O2. The number of ketones is 1. The summed E-state index contributed by atoms with van der Waals surface area (Å²) in [5.74, 6) is -0.205. The summed E-state index contributed by atoms with van der Waals surface area (Å²) in [6.45, 7) is 0. The van der Waals surface area contributed by atoms with Crippen LogP contribution < -0.4 is 5.73 Å². The lowest BCUT2D eigenvalue weighted by Crippen LogP contribution is -2.03. The second-order valence-electron chi connectivity index (χ2n) is 1.55. The molecule has 1 aromatic heterocycles. The summed E-state index contributed by atoms with van der Waals surface area (Å²) in [4.78, 5) is 10.8. The highest BCUT2D eigenvalue weighted by Crippen LogP contribution is 2.05. The smallest absolute Gasteiger partial charge is 0.199 e. The van der Waals surface area contributed by atoms with Crippen molar-refractivity contribution in [3.63, 3.8) is 0 Å². The number of aromatic nitrogens is 2. The van der Waals surface area contributed by atoms with Crippen LogP contribution >= 0.6 is 15.9 Å². The molecule has 0 bridgehead atoms. The Hall–Kier alpha value is -0.910. The fraction of sp³-hybridized carbons (Fsp3) is 0.250. The van der Waals surface area contributed by atoms with Crippen molar-refractivity contribution in [1.82, 2.24) is 10.3 Å². The number of alkyl halides is 1. The Balaban J connectivity index is 2.93. The van der Waals surface area contributed by atoms with Gasteiger partial charge in [0, 0.05) is 0 Å². The molecule has 0 unspecified atom stereocenters. The third kappa shape index (κ3) is 1.15. The summed E-state index contributed by atoms with van der Waals surface area (Å²) in [7, 11) is 0. The summed E-state index contributed by atoms with van der Waals surface area (Å²) < 4.78 is 4.20. The molecule has 0 saturated carbocycles. The Morgan fingerprint density at radius 1 is 1.70 bits per heavy atom. The maximum atomic E-state index is 10.8. The van der Waals surface area contributed by atoms with E-state index in [1.54, 1.807) is 0 Å². The molecule has 0 aromatic carbocycles. The number of hydrogen-bond donors (Lipinski definition) is 1. The van der Waals surface area contributed by atoms with Crippen LogP contribution in [-0.4, -0.2) is 21.4 Å². The van der Waals surface area contributed by atoms with Gasteiger partial charge in [-0.15, -0.1) is 0 Å². The van der Waals surface area contributed by atoms with Gasteiger partial charge in [0.1, 0.15) is 0 Å². The largest absolute Gasteiger partial charge is 0.379 e. The second-order valence-corrected chi connectivity index (χ2v) is 2.12. The molecule has 2 N–H and O–H groups in total. The van der Waals surface area contributed by atoms with E-state index in [4.69, 9.17) is 5.73 Å². The normalized spacial score (nSPS) is 9.70. The molecule has 1 rings (SSSR count). The minimum atomic E-state index is -0.237. The highest BCUT2D eigenvalue weighted by atomic mass is 79.9. The Labute approximate surface area is 64.7 Å². The van der Waals surface area contributed by atoms with Crippen molar-refractivity contribution in [3.8, 4) is 0 Å². The van der Waals surface area contributed by atoms with Gasteiger partial charge in [-0.25, -0.2) is 4.63 Å². The molecule has 0 amide bonds. The minimum Gasteiger partial charge on any atom is -0.379 e. The van der Waals surface area contributed by atoms with Crippen molar-refractivity contribution in [3.05, 3.63) is 5.69 Å². The molecule has 5 nitrogen and oxygen atoms in total. The lowest BCUT2D eigenvalue weighted by Gasteiger charge is -1.85. The van der Waals surface area contributed by atoms with Crippen LogP contribution in [0, 0.1) is 0 Å². The first-order valence-electron chi connectivity index (χ1n) is 2.43. The maximum absolute atomic E-state index is 10.8. The minimum absolute atomic E-state index is 0.0319. The summed E-state index contributed by atoms with van der Waals surface area (Å²) in [5.41, 5.74) is 5.29. The van der Waals surface area contributed by atoms with Crippen LogP contribution in [0.3, 0.4) is 0 Å². The predicted molar refractivity (Wildman–Crippen MR) is 36.8 cm³/mol. The number of nitrogens with two attached hydrogens (primary N) is 1. The van der Waals surface area contributed by atoms with Crippen LogP contribution in [0.25, 0.3) is 0 Å². The molecule has 0 fully saturated rings. The quantitative estimate of drug-likeness (QED) is 0.553. The molecule has 0 aliphatic heterocycles. The van der Waals surface area contributed by atoms with Gasteiger partial charge in [0.2, 0.25) is 0 Å². The Morgan fingerprint density at radius 3 is 2.80 bits per heavy atom. The van der Waals surface area contributed by atoms with Crippen LogP contribution in [0.2, 0.25) is 0 Å². The third-order valence-electron chi connectivity index (χ3n) is 0.899. The van der Waals surface area contributed by atoms with E-state index in [9.17, 15) is 4.79 Å². The first-order valence-corrected chi connectivity index (χ1v) is 3.55. The standard InChI is InChI=1S/C4H4BrN3O2/c5-1-2(9)3-4(6)8-10-7-3/h1H2,(H2,6,8). The monoisotopic (exact) mass is 205 g/mol. The SMILES string of the molecule is Nc1nonc1C(=O)CBr. The molecule has 6 heteroatoms. The van der Waals surface area contributed by atoms with Gasteiger partial charge in [-0.3, -0.25) is 4.79 Å². The first-order chi connectivity index (χ1) is 4.75. The molecule has 10 heavy (non-hydrogen) atoms. The number of rotatable bonds is 2. The Kier molecular flexibility index (Phi) is 2.00. The zero-order valence-electron chi connectivity index (χ0n) is 4.87. The van der Waals surface area contributed by atoms with Gasteiger partial charge in [0.05, 0.1) is 5.33 Å². The molecule has 0 saturated heterocycles. The fourth-order valence-electron chi connectivity index (χ4n) is 0.452. The molecule has 1 aromatic rings. The topological polar surface area (TPSA) is 82.0 Å². The van der Waals surface area contributed by atoms with Crippen molar-refractivity contribution in [2.75, 3.05) is 11.1 Å². The van der Waals surface area contributed by atoms with E-state index < -0.39 is 0 Å². The molecule has 0 aliphatic carbocycles. The summed E-state index contributed by atoms with van der Waals surface area (Å²) in [6, 6.07) is 0. The second kappa shape index (κ2) is 2.78. The number of nitrogens with zero attached hydrogens (tertiary/aromatic N) is 2. The Morgan fingerprint density at radius 2 is 2.40 bits per heavy atom. The van der Waals surface area contributed by atoms with Gasteiger partial charge in [-0.05, 0) is 10.3 Å². The van der Waals surface area contributed by atoms with Gasteiger partial charge >= 0.3 is 0 Å². The van der Waals surface area contributed by atoms with E-state index in [2.05, 4.69) is 30.9 Å². The van der Waals surface area contributed by atoms with E-state index >= 15 is 0 Å². The van der Waals surface area contributed by atoms with Crippen LogP contribution in [0.1, 0.15) is 10.5 Å². The van der Waals surface area contributed by atoms with E-state index in [0.29, 0.717) is 0 Å². The molecule has 0 spiro atoms. The molecule has 0 radical (unpaired) electrons. The first kappa shape index (κ1) is 7.20. The van der Waals surface area contributed by atoms with Gasteiger partial charge in [0.25, 0.3) is 0 Å². The van der Waals surface area contributed by atoms with Gasteiger partial charge in [-0.1, -0.05) is 15.9 Å². The lowest BCUT2D eigenvalue weighted by molar-refractivity contribution is 0.101. The van der Waals surface area contributed by atoms with Gasteiger partial charge in [-0.2, -0.15) is 0 Å². The van der Waals surface area contributed by atoms with E-state index in [1.807, 2.05) is 0 Å². The van der Waals surface area contributed by atoms with Crippen LogP contribution in [-0.2, 0) is 0 Å². The van der Waals surface area contributed by atoms with Crippen molar-refractivity contribution < 1.29 is 9.42 Å². The van der Waals surface area contributed by atoms with Crippen molar-refractivity contribution in [2.24, 2.45) is 0 Å². The molecule has 54 valence electrons. The van der Waals surface area contributed by atoms with Gasteiger partial charge in [0.15, 0.2) is 17.3 Å². The average Bonchev–Trinajstić information content (AvgIpc) is 2.34.